The van der Waals surface area contributed by atoms with Crippen molar-refractivity contribution in [3.8, 4) is 0 Å². The highest BCUT2D eigenvalue weighted by atomic mass is 15.3. The van der Waals surface area contributed by atoms with Crippen LogP contribution in [-0.2, 0) is 0 Å². The zero-order chi connectivity index (χ0) is 14.7. The van der Waals surface area contributed by atoms with Crippen LogP contribution < -0.4 is 15.5 Å². The highest BCUT2D eigenvalue weighted by Gasteiger charge is 2.20. The smallest absolute Gasteiger partial charge is 0.231 e. The second kappa shape index (κ2) is 6.43. The van der Waals surface area contributed by atoms with Gasteiger partial charge in [0.25, 0.3) is 0 Å². The molecule has 2 fully saturated rings. The lowest BCUT2D eigenvalue weighted by molar-refractivity contribution is 0.263. The predicted octanol–water partition coefficient (Wildman–Crippen LogP) is 1.02. The third-order valence-electron chi connectivity index (χ3n) is 4.29. The second-order valence-electron chi connectivity index (χ2n) is 5.95. The van der Waals surface area contributed by atoms with Crippen LogP contribution in [0.5, 0.6) is 0 Å². The van der Waals surface area contributed by atoms with E-state index >= 15 is 0 Å². The Morgan fingerprint density at radius 1 is 0.952 bits per heavy atom. The van der Waals surface area contributed by atoms with E-state index in [1.54, 1.807) is 0 Å². The number of rotatable bonds is 4. The van der Waals surface area contributed by atoms with E-state index in [0.717, 1.165) is 45.0 Å². The van der Waals surface area contributed by atoms with Gasteiger partial charge < -0.3 is 20.4 Å². The first-order valence-corrected chi connectivity index (χ1v) is 7.88. The molecule has 0 radical (unpaired) electrons. The summed E-state index contributed by atoms with van der Waals surface area (Å²) in [6, 6.07) is 0.458. The molecule has 21 heavy (non-hydrogen) atoms. The van der Waals surface area contributed by atoms with Gasteiger partial charge in [0.2, 0.25) is 17.8 Å². The molecule has 2 aliphatic heterocycles. The fourth-order valence-electron chi connectivity index (χ4n) is 2.94. The molecule has 1 aromatic heterocycles. The van der Waals surface area contributed by atoms with Crippen molar-refractivity contribution in [3.63, 3.8) is 0 Å². The van der Waals surface area contributed by atoms with E-state index in [9.17, 15) is 0 Å². The average Bonchev–Trinajstić information content (AvgIpc) is 3.04. The lowest BCUT2D eigenvalue weighted by Crippen LogP contribution is -2.37. The Labute approximate surface area is 126 Å². The molecule has 1 aromatic rings. The molecule has 0 atom stereocenters. The van der Waals surface area contributed by atoms with Crippen LogP contribution in [0.15, 0.2) is 0 Å². The predicted molar refractivity (Wildman–Crippen MR) is 85.0 cm³/mol. The monoisotopic (exact) mass is 291 g/mol. The van der Waals surface area contributed by atoms with Gasteiger partial charge in [-0.15, -0.1) is 0 Å². The van der Waals surface area contributed by atoms with Crippen LogP contribution in [0.4, 0.5) is 17.8 Å². The van der Waals surface area contributed by atoms with Crippen molar-refractivity contribution in [2.24, 2.45) is 0 Å². The minimum absolute atomic E-state index is 0.458. The van der Waals surface area contributed by atoms with E-state index < -0.39 is 0 Å². The maximum atomic E-state index is 4.62. The third-order valence-corrected chi connectivity index (χ3v) is 4.29. The van der Waals surface area contributed by atoms with Gasteiger partial charge in [0.05, 0.1) is 0 Å². The molecule has 0 bridgehead atoms. The summed E-state index contributed by atoms with van der Waals surface area (Å²) >= 11 is 0. The van der Waals surface area contributed by atoms with Crippen molar-refractivity contribution in [3.05, 3.63) is 0 Å². The molecule has 0 amide bonds. The molecule has 0 spiro atoms. The largest absolute Gasteiger partial charge is 0.357 e. The van der Waals surface area contributed by atoms with Gasteiger partial charge in [0.1, 0.15) is 0 Å². The number of hydrogen-bond donors (Lipinski definition) is 2. The molecule has 2 aliphatic rings. The number of anilines is 3. The Hall–Kier alpha value is -1.63. The number of aromatic nitrogens is 3. The van der Waals surface area contributed by atoms with Crippen LogP contribution in [0.25, 0.3) is 0 Å². The van der Waals surface area contributed by atoms with E-state index in [1.807, 2.05) is 7.05 Å². The van der Waals surface area contributed by atoms with Gasteiger partial charge >= 0.3 is 0 Å². The topological polar surface area (TPSA) is 69.2 Å². The maximum absolute atomic E-state index is 4.62. The summed E-state index contributed by atoms with van der Waals surface area (Å²) in [6.07, 6.45) is 4.71. The van der Waals surface area contributed by atoms with Crippen LogP contribution in [-0.4, -0.2) is 66.2 Å². The molecule has 3 rings (SSSR count). The number of nitrogens with zero attached hydrogens (tertiary/aromatic N) is 5. The summed E-state index contributed by atoms with van der Waals surface area (Å²) in [4.78, 5) is 18.2. The normalized spacial score (nSPS) is 20.8. The van der Waals surface area contributed by atoms with Crippen LogP contribution in [0.2, 0.25) is 0 Å². The lowest BCUT2D eigenvalue weighted by atomic mass is 10.1. The van der Waals surface area contributed by atoms with E-state index in [4.69, 9.17) is 0 Å². The van der Waals surface area contributed by atoms with E-state index in [2.05, 4.69) is 42.4 Å². The lowest BCUT2D eigenvalue weighted by Gasteiger charge is -2.29. The molecule has 7 heteroatoms. The van der Waals surface area contributed by atoms with Gasteiger partial charge in [-0.3, -0.25) is 0 Å². The zero-order valence-electron chi connectivity index (χ0n) is 13.0. The van der Waals surface area contributed by atoms with Crippen LogP contribution >= 0.6 is 0 Å². The summed E-state index contributed by atoms with van der Waals surface area (Å²) in [5.41, 5.74) is 0. The van der Waals surface area contributed by atoms with E-state index in [0.29, 0.717) is 17.9 Å². The molecule has 116 valence electrons. The number of likely N-dealkylation sites (tertiary alicyclic amines) is 1. The van der Waals surface area contributed by atoms with Crippen molar-refractivity contribution in [2.45, 2.75) is 31.7 Å². The van der Waals surface area contributed by atoms with Crippen molar-refractivity contribution in [1.29, 1.82) is 0 Å². The van der Waals surface area contributed by atoms with E-state index in [-0.39, 0.29) is 0 Å². The second-order valence-corrected chi connectivity index (χ2v) is 5.95. The molecular weight excluding hydrogens is 266 g/mol. The van der Waals surface area contributed by atoms with Crippen molar-refractivity contribution in [1.82, 2.24) is 19.9 Å². The fraction of sp³-hybridized carbons (Fsp3) is 0.786. The van der Waals surface area contributed by atoms with Gasteiger partial charge in [0.15, 0.2) is 0 Å². The van der Waals surface area contributed by atoms with Gasteiger partial charge in [0, 0.05) is 26.2 Å². The Morgan fingerprint density at radius 2 is 1.62 bits per heavy atom. The van der Waals surface area contributed by atoms with Gasteiger partial charge in [-0.05, 0) is 45.8 Å². The average molecular weight is 291 g/mol. The van der Waals surface area contributed by atoms with Crippen molar-refractivity contribution >= 4 is 17.8 Å². The molecule has 0 aromatic carbocycles. The standard InChI is InChI=1S/C14H25N7/c1-15-12-17-13(16-11-5-9-20(2)10-6-11)19-14(18-12)21-7-3-4-8-21/h11H,3-10H2,1-2H3,(H2,15,16,17,18,19). The molecule has 2 N–H and O–H groups in total. The van der Waals surface area contributed by atoms with Crippen LogP contribution in [0.1, 0.15) is 25.7 Å². The van der Waals surface area contributed by atoms with Gasteiger partial charge in [-0.1, -0.05) is 0 Å². The summed E-state index contributed by atoms with van der Waals surface area (Å²) in [7, 11) is 4.02. The number of piperidine rings is 1. The SMILES string of the molecule is CNc1nc(NC2CCN(C)CC2)nc(N2CCCC2)n1. The Bertz CT molecular complexity index is 464. The molecule has 2 saturated heterocycles. The highest BCUT2D eigenvalue weighted by molar-refractivity contribution is 5.44. The first-order chi connectivity index (χ1) is 10.2. The first-order valence-electron chi connectivity index (χ1n) is 7.88. The molecule has 3 heterocycles. The summed E-state index contributed by atoms with van der Waals surface area (Å²) in [6.45, 7) is 4.34. The van der Waals surface area contributed by atoms with Crippen LogP contribution in [0.3, 0.4) is 0 Å². The van der Waals surface area contributed by atoms with Crippen molar-refractivity contribution < 1.29 is 0 Å². The first kappa shape index (κ1) is 14.3. The molecule has 0 unspecified atom stereocenters. The minimum atomic E-state index is 0.458. The fourth-order valence-corrected chi connectivity index (χ4v) is 2.94. The molecule has 0 saturated carbocycles. The van der Waals surface area contributed by atoms with E-state index in [1.165, 1.54) is 12.8 Å². The molecular formula is C14H25N7. The number of hydrogen-bond acceptors (Lipinski definition) is 7. The summed E-state index contributed by atoms with van der Waals surface area (Å²) < 4.78 is 0. The maximum Gasteiger partial charge on any atom is 0.231 e. The zero-order valence-corrected chi connectivity index (χ0v) is 13.0. The quantitative estimate of drug-likeness (QED) is 0.858. The summed E-state index contributed by atoms with van der Waals surface area (Å²) in [5, 5.41) is 6.52. The third kappa shape index (κ3) is 3.53. The Balaban J connectivity index is 1.72. The summed E-state index contributed by atoms with van der Waals surface area (Å²) in [5.74, 6) is 2.13. The van der Waals surface area contributed by atoms with Crippen molar-refractivity contribution in [2.75, 3.05) is 55.8 Å². The van der Waals surface area contributed by atoms with Gasteiger partial charge in [-0.25, -0.2) is 0 Å². The van der Waals surface area contributed by atoms with Crippen LogP contribution in [0, 0.1) is 0 Å². The number of nitrogens with one attached hydrogen (secondary N) is 2. The molecule has 7 nitrogen and oxygen atoms in total. The Morgan fingerprint density at radius 3 is 2.29 bits per heavy atom. The molecule has 0 aliphatic carbocycles. The Kier molecular flexibility index (Phi) is 4.38. The minimum Gasteiger partial charge on any atom is -0.357 e. The highest BCUT2D eigenvalue weighted by Crippen LogP contribution is 2.20. The van der Waals surface area contributed by atoms with Gasteiger partial charge in [-0.2, -0.15) is 15.0 Å².